The van der Waals surface area contributed by atoms with Gasteiger partial charge in [-0.05, 0) is 24.9 Å². The number of nitrogens with zero attached hydrogens (tertiary/aromatic N) is 1. The van der Waals surface area contributed by atoms with E-state index in [1.807, 2.05) is 11.8 Å². The number of aromatic nitrogens is 1. The lowest BCUT2D eigenvalue weighted by Gasteiger charge is -2.02. The molecule has 2 N–H and O–H groups in total. The fourth-order valence-electron chi connectivity index (χ4n) is 2.11. The zero-order valence-corrected chi connectivity index (χ0v) is 10.8. The highest BCUT2D eigenvalue weighted by molar-refractivity contribution is 7.98. The molecule has 0 aliphatic heterocycles. The van der Waals surface area contributed by atoms with E-state index in [9.17, 15) is 0 Å². The summed E-state index contributed by atoms with van der Waals surface area (Å²) in [5.74, 6) is 1.83. The van der Waals surface area contributed by atoms with Crippen molar-refractivity contribution in [1.29, 1.82) is 0 Å². The number of hydrogen-bond donors (Lipinski definition) is 1. The molecule has 15 heavy (non-hydrogen) atoms. The van der Waals surface area contributed by atoms with Gasteiger partial charge in [0.1, 0.15) is 5.00 Å². The first-order valence-corrected chi connectivity index (χ1v) is 7.76. The normalized spacial score (nSPS) is 17.4. The number of nitrogen functional groups attached to an aromatic ring is 1. The largest absolute Gasteiger partial charge is 0.389 e. The Bertz CT molecular complexity index is 316. The molecular weight excluding hydrogens is 224 g/mol. The minimum Gasteiger partial charge on any atom is -0.389 e. The SMILES string of the molecule is CSCCc1nc(C2CCCC2)sc1N. The zero-order chi connectivity index (χ0) is 10.7. The Morgan fingerprint density at radius 3 is 2.87 bits per heavy atom. The molecule has 1 heterocycles. The number of thiazole rings is 1. The zero-order valence-electron chi connectivity index (χ0n) is 9.16. The number of aryl methyl sites for hydroxylation is 1. The van der Waals surface area contributed by atoms with Crippen LogP contribution in [-0.4, -0.2) is 17.0 Å². The average molecular weight is 242 g/mol. The van der Waals surface area contributed by atoms with Crippen LogP contribution in [0.3, 0.4) is 0 Å². The minimum atomic E-state index is 0.709. The summed E-state index contributed by atoms with van der Waals surface area (Å²) in [7, 11) is 0. The number of anilines is 1. The predicted molar refractivity (Wildman–Crippen MR) is 69.8 cm³/mol. The monoisotopic (exact) mass is 242 g/mol. The van der Waals surface area contributed by atoms with E-state index >= 15 is 0 Å². The first-order chi connectivity index (χ1) is 7.31. The molecule has 1 aliphatic carbocycles. The van der Waals surface area contributed by atoms with Crippen molar-refractivity contribution >= 4 is 28.1 Å². The highest BCUT2D eigenvalue weighted by Gasteiger charge is 2.21. The maximum absolute atomic E-state index is 6.00. The molecule has 0 amide bonds. The number of thioether (sulfide) groups is 1. The van der Waals surface area contributed by atoms with Gasteiger partial charge in [0.15, 0.2) is 0 Å². The van der Waals surface area contributed by atoms with Crippen molar-refractivity contribution in [2.75, 3.05) is 17.7 Å². The van der Waals surface area contributed by atoms with Gasteiger partial charge in [-0.3, -0.25) is 0 Å². The summed E-state index contributed by atoms with van der Waals surface area (Å²) >= 11 is 3.58. The Hall–Kier alpha value is -0.220. The lowest BCUT2D eigenvalue weighted by Crippen LogP contribution is -1.95. The predicted octanol–water partition coefficient (Wildman–Crippen LogP) is 3.29. The Kier molecular flexibility index (Phi) is 3.92. The van der Waals surface area contributed by atoms with Gasteiger partial charge in [-0.2, -0.15) is 11.8 Å². The van der Waals surface area contributed by atoms with Gasteiger partial charge < -0.3 is 5.73 Å². The highest BCUT2D eigenvalue weighted by Crippen LogP contribution is 2.38. The molecule has 84 valence electrons. The molecule has 1 aromatic heterocycles. The van der Waals surface area contributed by atoms with Crippen molar-refractivity contribution in [3.8, 4) is 0 Å². The molecule has 0 unspecified atom stereocenters. The molecule has 0 spiro atoms. The molecule has 0 atom stereocenters. The Morgan fingerprint density at radius 1 is 1.47 bits per heavy atom. The summed E-state index contributed by atoms with van der Waals surface area (Å²) in [6, 6.07) is 0. The van der Waals surface area contributed by atoms with Gasteiger partial charge in [-0.1, -0.05) is 12.8 Å². The summed E-state index contributed by atoms with van der Waals surface area (Å²) in [4.78, 5) is 4.71. The lowest BCUT2D eigenvalue weighted by molar-refractivity contribution is 0.712. The van der Waals surface area contributed by atoms with Crippen molar-refractivity contribution in [3.63, 3.8) is 0 Å². The first kappa shape index (κ1) is 11.3. The quantitative estimate of drug-likeness (QED) is 0.880. The Morgan fingerprint density at radius 2 is 2.20 bits per heavy atom. The molecule has 0 aromatic carbocycles. The summed E-state index contributed by atoms with van der Waals surface area (Å²) in [5.41, 5.74) is 7.13. The van der Waals surface area contributed by atoms with E-state index in [0.29, 0.717) is 5.92 Å². The Balaban J connectivity index is 2.06. The van der Waals surface area contributed by atoms with Gasteiger partial charge in [0.25, 0.3) is 0 Å². The second kappa shape index (κ2) is 5.21. The molecule has 2 nitrogen and oxygen atoms in total. The first-order valence-electron chi connectivity index (χ1n) is 5.55. The molecule has 1 aliphatic rings. The van der Waals surface area contributed by atoms with E-state index in [2.05, 4.69) is 6.26 Å². The fourth-order valence-corrected chi connectivity index (χ4v) is 3.55. The smallest absolute Gasteiger partial charge is 0.109 e. The van der Waals surface area contributed by atoms with Crippen molar-refractivity contribution < 1.29 is 0 Å². The topological polar surface area (TPSA) is 38.9 Å². The van der Waals surface area contributed by atoms with Gasteiger partial charge in [0.2, 0.25) is 0 Å². The van der Waals surface area contributed by atoms with Gasteiger partial charge in [0, 0.05) is 12.3 Å². The molecule has 1 fully saturated rings. The fraction of sp³-hybridized carbons (Fsp3) is 0.727. The minimum absolute atomic E-state index is 0.709. The van der Waals surface area contributed by atoms with E-state index in [4.69, 9.17) is 10.7 Å². The van der Waals surface area contributed by atoms with Gasteiger partial charge in [0.05, 0.1) is 10.7 Å². The second-order valence-electron chi connectivity index (χ2n) is 4.09. The lowest BCUT2D eigenvalue weighted by atomic mass is 10.1. The van der Waals surface area contributed by atoms with Crippen molar-refractivity contribution in [1.82, 2.24) is 4.98 Å². The maximum Gasteiger partial charge on any atom is 0.109 e. The van der Waals surface area contributed by atoms with Crippen molar-refractivity contribution in [3.05, 3.63) is 10.7 Å². The van der Waals surface area contributed by atoms with E-state index in [1.165, 1.54) is 30.7 Å². The van der Waals surface area contributed by atoms with Crippen LogP contribution in [0.4, 0.5) is 5.00 Å². The molecule has 1 aromatic rings. The average Bonchev–Trinajstić information content (AvgIpc) is 2.83. The van der Waals surface area contributed by atoms with Gasteiger partial charge >= 0.3 is 0 Å². The van der Waals surface area contributed by atoms with Crippen LogP contribution in [0.5, 0.6) is 0 Å². The van der Waals surface area contributed by atoms with Crippen molar-refractivity contribution in [2.24, 2.45) is 0 Å². The third kappa shape index (κ3) is 2.67. The van der Waals surface area contributed by atoms with Crippen LogP contribution in [0.2, 0.25) is 0 Å². The molecule has 4 heteroatoms. The van der Waals surface area contributed by atoms with Crippen LogP contribution in [0.25, 0.3) is 0 Å². The van der Waals surface area contributed by atoms with Gasteiger partial charge in [-0.25, -0.2) is 4.98 Å². The second-order valence-corrected chi connectivity index (χ2v) is 6.14. The molecule has 2 rings (SSSR count). The van der Waals surface area contributed by atoms with E-state index in [-0.39, 0.29) is 0 Å². The summed E-state index contributed by atoms with van der Waals surface area (Å²) in [6.07, 6.45) is 8.51. The highest BCUT2D eigenvalue weighted by atomic mass is 32.2. The number of hydrogen-bond acceptors (Lipinski definition) is 4. The molecule has 0 bridgehead atoms. The third-order valence-corrected chi connectivity index (χ3v) is 4.69. The van der Waals surface area contributed by atoms with Crippen LogP contribution < -0.4 is 5.73 Å². The summed E-state index contributed by atoms with van der Waals surface area (Å²) in [6.45, 7) is 0. The van der Waals surface area contributed by atoms with E-state index in [1.54, 1.807) is 11.3 Å². The maximum atomic E-state index is 6.00. The van der Waals surface area contributed by atoms with Crippen LogP contribution in [0.15, 0.2) is 0 Å². The third-order valence-electron chi connectivity index (χ3n) is 2.99. The Labute approximate surface area is 99.7 Å². The number of nitrogens with two attached hydrogens (primary N) is 1. The number of rotatable bonds is 4. The van der Waals surface area contributed by atoms with Gasteiger partial charge in [-0.15, -0.1) is 11.3 Å². The van der Waals surface area contributed by atoms with Crippen LogP contribution in [0, 0.1) is 0 Å². The summed E-state index contributed by atoms with van der Waals surface area (Å²) < 4.78 is 0. The summed E-state index contributed by atoms with van der Waals surface area (Å²) in [5, 5.41) is 2.24. The standard InChI is InChI=1S/C11H18N2S2/c1-14-7-6-9-10(12)15-11(13-9)8-4-2-3-5-8/h8H,2-7,12H2,1H3. The van der Waals surface area contributed by atoms with Crippen LogP contribution in [0.1, 0.15) is 42.3 Å². The molecule has 1 saturated carbocycles. The molecular formula is C11H18N2S2. The van der Waals surface area contributed by atoms with Crippen LogP contribution >= 0.6 is 23.1 Å². The molecule has 0 saturated heterocycles. The van der Waals surface area contributed by atoms with E-state index in [0.717, 1.165) is 22.9 Å². The van der Waals surface area contributed by atoms with Crippen LogP contribution in [-0.2, 0) is 6.42 Å². The van der Waals surface area contributed by atoms with E-state index < -0.39 is 0 Å². The molecule has 0 radical (unpaired) electrons. The van der Waals surface area contributed by atoms with Crippen molar-refractivity contribution in [2.45, 2.75) is 38.0 Å².